The summed E-state index contributed by atoms with van der Waals surface area (Å²) in [6.45, 7) is 4.00. The highest BCUT2D eigenvalue weighted by atomic mass is 15.1. The Morgan fingerprint density at radius 3 is 1.65 bits per heavy atom. The van der Waals surface area contributed by atoms with Crippen molar-refractivity contribution in [2.24, 2.45) is 0 Å². The molecule has 2 aromatic carbocycles. The monoisotopic (exact) mass is 225 g/mol. The minimum absolute atomic E-state index is 1.05. The van der Waals surface area contributed by atoms with E-state index in [2.05, 4.69) is 60.5 Å². The molecule has 1 heteroatoms. The third kappa shape index (κ3) is 2.05. The molecule has 2 aromatic rings. The van der Waals surface area contributed by atoms with Gasteiger partial charge in [-0.1, -0.05) is 50.2 Å². The molecule has 0 saturated heterocycles. The number of anilines is 2. The fraction of sp³-hybridized carbons (Fsp3) is 0.250. The lowest BCUT2D eigenvalue weighted by Crippen LogP contribution is -2.18. The van der Waals surface area contributed by atoms with E-state index in [9.17, 15) is 0 Å². The number of rotatable bonds is 0. The Morgan fingerprint density at radius 2 is 1.18 bits per heavy atom. The number of benzene rings is 2. The van der Waals surface area contributed by atoms with Crippen LogP contribution in [-0.4, -0.2) is 7.05 Å². The first-order valence-electron chi connectivity index (χ1n) is 6.26. The predicted octanol–water partition coefficient (Wildman–Crippen LogP) is 4.38. The molecule has 0 spiro atoms. The van der Waals surface area contributed by atoms with Crippen LogP contribution >= 0.6 is 0 Å². The van der Waals surface area contributed by atoms with Gasteiger partial charge in [0.15, 0.2) is 0 Å². The Kier molecular flexibility index (Phi) is 3.48. The molecule has 0 atom stereocenters. The first kappa shape index (κ1) is 11.7. The van der Waals surface area contributed by atoms with Crippen molar-refractivity contribution in [2.75, 3.05) is 11.9 Å². The smallest absolute Gasteiger partial charge is 0.0444 e. The zero-order valence-corrected chi connectivity index (χ0v) is 10.8. The van der Waals surface area contributed by atoms with Crippen LogP contribution in [0, 0.1) is 0 Å². The van der Waals surface area contributed by atoms with Gasteiger partial charge in [0.2, 0.25) is 0 Å². The lowest BCUT2D eigenvalue weighted by Gasteiger charge is -2.29. The number of nitrogens with zero attached hydrogens (tertiary/aromatic N) is 1. The van der Waals surface area contributed by atoms with Crippen LogP contribution in [0.1, 0.15) is 25.0 Å². The fourth-order valence-corrected chi connectivity index (χ4v) is 2.31. The van der Waals surface area contributed by atoms with Crippen molar-refractivity contribution in [3.8, 4) is 0 Å². The largest absolute Gasteiger partial charge is 0.344 e. The summed E-state index contributed by atoms with van der Waals surface area (Å²) in [7, 11) is 2.14. The molecule has 0 fully saturated rings. The molecule has 17 heavy (non-hydrogen) atoms. The van der Waals surface area contributed by atoms with E-state index in [-0.39, 0.29) is 0 Å². The van der Waals surface area contributed by atoms with Crippen LogP contribution in [0.2, 0.25) is 0 Å². The third-order valence-electron chi connectivity index (χ3n) is 3.09. The first-order chi connectivity index (χ1) is 8.36. The van der Waals surface area contributed by atoms with Gasteiger partial charge < -0.3 is 4.90 Å². The molecule has 88 valence electrons. The maximum atomic E-state index is 2.27. The van der Waals surface area contributed by atoms with Gasteiger partial charge in [-0.15, -0.1) is 0 Å². The van der Waals surface area contributed by atoms with Gasteiger partial charge in [-0.3, -0.25) is 0 Å². The van der Waals surface area contributed by atoms with Crippen molar-refractivity contribution >= 4 is 11.4 Å². The Hall–Kier alpha value is -1.76. The van der Waals surface area contributed by atoms with Gasteiger partial charge in [-0.2, -0.15) is 0 Å². The van der Waals surface area contributed by atoms with Crippen molar-refractivity contribution < 1.29 is 0 Å². The van der Waals surface area contributed by atoms with Gasteiger partial charge in [-0.05, 0) is 23.3 Å². The lowest BCUT2D eigenvalue weighted by atomic mass is 9.96. The normalized spacial score (nSPS) is 12.1. The molecule has 3 rings (SSSR count). The third-order valence-corrected chi connectivity index (χ3v) is 3.09. The molecule has 0 aliphatic carbocycles. The Labute approximate surface area is 104 Å². The fourth-order valence-electron chi connectivity index (χ4n) is 2.31. The highest BCUT2D eigenvalue weighted by molar-refractivity contribution is 5.73. The number of hydrogen-bond donors (Lipinski definition) is 0. The summed E-state index contributed by atoms with van der Waals surface area (Å²) in [5.41, 5.74) is 5.49. The van der Waals surface area contributed by atoms with E-state index in [1.54, 1.807) is 0 Å². The van der Waals surface area contributed by atoms with E-state index < -0.39 is 0 Å². The predicted molar refractivity (Wildman–Crippen MR) is 75.1 cm³/mol. The van der Waals surface area contributed by atoms with E-state index in [4.69, 9.17) is 0 Å². The zero-order valence-electron chi connectivity index (χ0n) is 10.8. The molecular formula is C16H19N. The minimum Gasteiger partial charge on any atom is -0.344 e. The van der Waals surface area contributed by atoms with Crippen LogP contribution in [0.5, 0.6) is 0 Å². The molecule has 0 saturated carbocycles. The Morgan fingerprint density at radius 1 is 0.765 bits per heavy atom. The number of para-hydroxylation sites is 2. The van der Waals surface area contributed by atoms with Crippen molar-refractivity contribution in [3.63, 3.8) is 0 Å². The van der Waals surface area contributed by atoms with Gasteiger partial charge in [-0.25, -0.2) is 0 Å². The van der Waals surface area contributed by atoms with Gasteiger partial charge in [0.25, 0.3) is 0 Å². The second kappa shape index (κ2) is 5.05. The summed E-state index contributed by atoms with van der Waals surface area (Å²) < 4.78 is 0. The van der Waals surface area contributed by atoms with Gasteiger partial charge in [0.1, 0.15) is 0 Å². The van der Waals surface area contributed by atoms with Gasteiger partial charge >= 0.3 is 0 Å². The van der Waals surface area contributed by atoms with Gasteiger partial charge in [0.05, 0.1) is 0 Å². The van der Waals surface area contributed by atoms with Crippen molar-refractivity contribution in [1.82, 2.24) is 0 Å². The summed E-state index contributed by atoms with van der Waals surface area (Å²) >= 11 is 0. The van der Waals surface area contributed by atoms with Crippen LogP contribution in [-0.2, 0) is 6.42 Å². The lowest BCUT2D eigenvalue weighted by molar-refractivity contribution is 1.06. The topological polar surface area (TPSA) is 3.24 Å². The molecule has 0 N–H and O–H groups in total. The molecule has 1 heterocycles. The molecule has 0 aromatic heterocycles. The second-order valence-corrected chi connectivity index (χ2v) is 3.99. The van der Waals surface area contributed by atoms with E-state index in [0.29, 0.717) is 0 Å². The molecule has 0 radical (unpaired) electrons. The van der Waals surface area contributed by atoms with E-state index in [1.165, 1.54) is 22.5 Å². The molecule has 0 amide bonds. The van der Waals surface area contributed by atoms with Crippen molar-refractivity contribution in [2.45, 2.75) is 20.3 Å². The molecule has 1 aliphatic heterocycles. The minimum atomic E-state index is 1.05. The highest BCUT2D eigenvalue weighted by Crippen LogP contribution is 2.36. The quantitative estimate of drug-likeness (QED) is 0.643. The SMILES string of the molecule is CC.CN1c2ccccc2Cc2ccccc21. The zero-order chi connectivity index (χ0) is 12.3. The summed E-state index contributed by atoms with van der Waals surface area (Å²) in [5.74, 6) is 0. The molecule has 0 unspecified atom stereocenters. The second-order valence-electron chi connectivity index (χ2n) is 3.99. The van der Waals surface area contributed by atoms with Crippen molar-refractivity contribution in [3.05, 3.63) is 59.7 Å². The molecule has 0 bridgehead atoms. The average Bonchev–Trinajstić information content (AvgIpc) is 2.41. The van der Waals surface area contributed by atoms with Crippen LogP contribution in [0.25, 0.3) is 0 Å². The summed E-state index contributed by atoms with van der Waals surface area (Å²) in [4.78, 5) is 2.27. The molecule has 1 nitrogen and oxygen atoms in total. The van der Waals surface area contributed by atoms with E-state index >= 15 is 0 Å². The maximum absolute atomic E-state index is 2.27. The molecular weight excluding hydrogens is 206 g/mol. The van der Waals surface area contributed by atoms with Crippen LogP contribution < -0.4 is 4.90 Å². The summed E-state index contributed by atoms with van der Waals surface area (Å²) in [5, 5.41) is 0. The standard InChI is InChI=1S/C14H13N.C2H6/c1-15-13-8-4-2-6-11(13)10-12-7-3-5-9-14(12)15;1-2/h2-9H,10H2,1H3;1-2H3. The van der Waals surface area contributed by atoms with Crippen molar-refractivity contribution in [1.29, 1.82) is 0 Å². The van der Waals surface area contributed by atoms with Crippen LogP contribution in [0.4, 0.5) is 11.4 Å². The number of hydrogen-bond acceptors (Lipinski definition) is 1. The number of fused-ring (bicyclic) bond motifs is 2. The maximum Gasteiger partial charge on any atom is 0.0444 e. The first-order valence-corrected chi connectivity index (χ1v) is 6.26. The summed E-state index contributed by atoms with van der Waals surface area (Å²) in [6, 6.07) is 17.2. The van der Waals surface area contributed by atoms with E-state index in [0.717, 1.165) is 6.42 Å². The summed E-state index contributed by atoms with van der Waals surface area (Å²) in [6.07, 6.45) is 1.05. The van der Waals surface area contributed by atoms with Crippen LogP contribution in [0.15, 0.2) is 48.5 Å². The van der Waals surface area contributed by atoms with Gasteiger partial charge in [0, 0.05) is 24.8 Å². The Bertz CT molecular complexity index is 457. The van der Waals surface area contributed by atoms with Crippen LogP contribution in [0.3, 0.4) is 0 Å². The van der Waals surface area contributed by atoms with E-state index in [1.807, 2.05) is 13.8 Å². The highest BCUT2D eigenvalue weighted by Gasteiger charge is 2.17. The molecule has 1 aliphatic rings. The average molecular weight is 225 g/mol. The Balaban J connectivity index is 0.000000514.